The van der Waals surface area contributed by atoms with Gasteiger partial charge in [0.1, 0.15) is 11.3 Å². The van der Waals surface area contributed by atoms with E-state index in [1.807, 2.05) is 4.72 Å². The SMILES string of the molecule is Cc1ccccc1S(=O)(=O)NC(=O)Nc1ccc(C(=O)O)c(O)c1. The van der Waals surface area contributed by atoms with Gasteiger partial charge in [0, 0.05) is 11.8 Å². The highest BCUT2D eigenvalue weighted by molar-refractivity contribution is 7.90. The number of urea groups is 1. The summed E-state index contributed by atoms with van der Waals surface area (Å²) in [6, 6.07) is 8.42. The molecule has 0 aliphatic rings. The molecule has 2 aromatic carbocycles. The lowest BCUT2D eigenvalue weighted by Crippen LogP contribution is -2.34. The Morgan fingerprint density at radius 2 is 1.75 bits per heavy atom. The highest BCUT2D eigenvalue weighted by Crippen LogP contribution is 2.22. The van der Waals surface area contributed by atoms with Crippen LogP contribution in [0.1, 0.15) is 15.9 Å². The number of carboxylic acids is 1. The summed E-state index contributed by atoms with van der Waals surface area (Å²) in [5, 5.41) is 20.6. The molecule has 0 aliphatic heterocycles. The Morgan fingerprint density at radius 1 is 1.08 bits per heavy atom. The Kier molecular flexibility index (Phi) is 4.74. The maximum absolute atomic E-state index is 12.2. The van der Waals surface area contributed by atoms with Crippen LogP contribution in [0.25, 0.3) is 0 Å². The van der Waals surface area contributed by atoms with Crippen molar-refractivity contribution in [2.75, 3.05) is 5.32 Å². The number of rotatable bonds is 4. The van der Waals surface area contributed by atoms with Gasteiger partial charge in [-0.1, -0.05) is 18.2 Å². The van der Waals surface area contributed by atoms with Gasteiger partial charge in [-0.2, -0.15) is 0 Å². The van der Waals surface area contributed by atoms with Crippen LogP contribution in [0.5, 0.6) is 5.75 Å². The van der Waals surface area contributed by atoms with Gasteiger partial charge in [0.05, 0.1) is 4.90 Å². The van der Waals surface area contributed by atoms with Crippen LogP contribution in [-0.4, -0.2) is 30.6 Å². The van der Waals surface area contributed by atoms with E-state index >= 15 is 0 Å². The molecule has 2 amide bonds. The molecular formula is C15H14N2O6S. The van der Waals surface area contributed by atoms with Gasteiger partial charge in [-0.3, -0.25) is 0 Å². The lowest BCUT2D eigenvalue weighted by molar-refractivity contribution is 0.0693. The van der Waals surface area contributed by atoms with Crippen LogP contribution in [0.4, 0.5) is 10.5 Å². The van der Waals surface area contributed by atoms with E-state index < -0.39 is 27.8 Å². The number of aromatic carboxylic acids is 1. The highest BCUT2D eigenvalue weighted by atomic mass is 32.2. The Bertz CT molecular complexity index is 908. The van der Waals surface area contributed by atoms with E-state index in [9.17, 15) is 23.1 Å². The molecule has 9 heteroatoms. The largest absolute Gasteiger partial charge is 0.507 e. The Hall–Kier alpha value is -3.07. The Balaban J connectivity index is 2.15. The van der Waals surface area contributed by atoms with E-state index in [1.54, 1.807) is 19.1 Å². The lowest BCUT2D eigenvalue weighted by Gasteiger charge is -2.11. The molecule has 8 nitrogen and oxygen atoms in total. The predicted octanol–water partition coefficient (Wildman–Crippen LogP) is 1.91. The number of phenols is 1. The molecule has 0 heterocycles. The topological polar surface area (TPSA) is 133 Å². The second-order valence-electron chi connectivity index (χ2n) is 4.86. The van der Waals surface area contributed by atoms with Gasteiger partial charge in [0.25, 0.3) is 10.0 Å². The van der Waals surface area contributed by atoms with Crippen molar-refractivity contribution in [1.82, 2.24) is 4.72 Å². The minimum absolute atomic E-state index is 0.0370. The third kappa shape index (κ3) is 3.82. The summed E-state index contributed by atoms with van der Waals surface area (Å²) in [5.41, 5.74) is 0.171. The third-order valence-electron chi connectivity index (χ3n) is 3.10. The molecule has 0 spiro atoms. The lowest BCUT2D eigenvalue weighted by atomic mass is 10.2. The summed E-state index contributed by atoms with van der Waals surface area (Å²) in [4.78, 5) is 22.6. The number of nitrogens with one attached hydrogen (secondary N) is 2. The first-order chi connectivity index (χ1) is 11.2. The van der Waals surface area contributed by atoms with Gasteiger partial charge in [0.15, 0.2) is 0 Å². The molecule has 0 saturated heterocycles. The fraction of sp³-hybridized carbons (Fsp3) is 0.0667. The smallest absolute Gasteiger partial charge is 0.339 e. The number of anilines is 1. The van der Waals surface area contributed by atoms with Crippen molar-refractivity contribution in [3.8, 4) is 5.75 Å². The average Bonchev–Trinajstić information content (AvgIpc) is 2.46. The van der Waals surface area contributed by atoms with Crippen LogP contribution in [0.2, 0.25) is 0 Å². The molecule has 2 aromatic rings. The minimum atomic E-state index is -4.06. The number of amides is 2. The molecule has 0 fully saturated rings. The molecule has 0 atom stereocenters. The van der Waals surface area contributed by atoms with E-state index in [0.717, 1.165) is 12.1 Å². The van der Waals surface area contributed by atoms with Crippen LogP contribution in [-0.2, 0) is 10.0 Å². The Morgan fingerprint density at radius 3 is 2.33 bits per heavy atom. The number of carbonyl (C=O) groups is 2. The quantitative estimate of drug-likeness (QED) is 0.666. The molecule has 0 unspecified atom stereocenters. The zero-order valence-corrected chi connectivity index (χ0v) is 13.3. The fourth-order valence-corrected chi connectivity index (χ4v) is 3.14. The first-order valence-corrected chi connectivity index (χ1v) is 8.15. The third-order valence-corrected chi connectivity index (χ3v) is 4.59. The second-order valence-corrected chi connectivity index (χ2v) is 6.51. The monoisotopic (exact) mass is 350 g/mol. The van der Waals surface area contributed by atoms with Crippen LogP contribution in [0.15, 0.2) is 47.4 Å². The fourth-order valence-electron chi connectivity index (χ4n) is 1.98. The van der Waals surface area contributed by atoms with Crippen molar-refractivity contribution >= 4 is 27.7 Å². The number of aromatic hydroxyl groups is 1. The van der Waals surface area contributed by atoms with Gasteiger partial charge in [-0.15, -0.1) is 0 Å². The van der Waals surface area contributed by atoms with Crippen LogP contribution in [0.3, 0.4) is 0 Å². The second kappa shape index (κ2) is 6.59. The molecule has 4 N–H and O–H groups in total. The summed E-state index contributed by atoms with van der Waals surface area (Å²) in [6.07, 6.45) is 0. The zero-order valence-electron chi connectivity index (χ0n) is 12.5. The van der Waals surface area contributed by atoms with Gasteiger partial charge in [0.2, 0.25) is 0 Å². The standard InChI is InChI=1S/C15H14N2O6S/c1-9-4-2-3-5-13(9)24(22,23)17-15(21)16-10-6-7-11(14(19)20)12(18)8-10/h2-8,18H,1H3,(H,19,20)(H2,16,17,21). The van der Waals surface area contributed by atoms with Gasteiger partial charge in [-0.05, 0) is 30.7 Å². The number of hydrogen-bond donors (Lipinski definition) is 4. The normalized spacial score (nSPS) is 10.9. The molecular weight excluding hydrogens is 336 g/mol. The number of carbonyl (C=O) groups excluding carboxylic acids is 1. The molecule has 126 valence electrons. The number of benzene rings is 2. The summed E-state index contributed by atoms with van der Waals surface area (Å²) in [7, 11) is -4.06. The van der Waals surface area contributed by atoms with E-state index in [2.05, 4.69) is 5.32 Å². The van der Waals surface area contributed by atoms with E-state index in [1.165, 1.54) is 18.2 Å². The minimum Gasteiger partial charge on any atom is -0.507 e. The van der Waals surface area contributed by atoms with E-state index in [-0.39, 0.29) is 16.1 Å². The zero-order chi connectivity index (χ0) is 17.9. The van der Waals surface area contributed by atoms with Crippen LogP contribution < -0.4 is 10.0 Å². The van der Waals surface area contributed by atoms with Crippen molar-refractivity contribution in [2.24, 2.45) is 0 Å². The molecule has 0 saturated carbocycles. The van der Waals surface area contributed by atoms with Gasteiger partial charge < -0.3 is 15.5 Å². The van der Waals surface area contributed by atoms with Crippen molar-refractivity contribution in [3.05, 3.63) is 53.6 Å². The molecule has 0 aliphatic carbocycles. The van der Waals surface area contributed by atoms with Gasteiger partial charge >= 0.3 is 12.0 Å². The van der Waals surface area contributed by atoms with E-state index in [4.69, 9.17) is 5.11 Å². The van der Waals surface area contributed by atoms with Crippen molar-refractivity contribution in [3.63, 3.8) is 0 Å². The number of aryl methyl sites for hydroxylation is 1. The maximum atomic E-state index is 12.2. The average molecular weight is 350 g/mol. The number of sulfonamides is 1. The first-order valence-electron chi connectivity index (χ1n) is 6.66. The van der Waals surface area contributed by atoms with Crippen molar-refractivity contribution < 1.29 is 28.2 Å². The van der Waals surface area contributed by atoms with Crippen LogP contribution >= 0.6 is 0 Å². The van der Waals surface area contributed by atoms with Crippen LogP contribution in [0, 0.1) is 6.92 Å². The summed E-state index contributed by atoms with van der Waals surface area (Å²) >= 11 is 0. The molecule has 0 aromatic heterocycles. The maximum Gasteiger partial charge on any atom is 0.339 e. The highest BCUT2D eigenvalue weighted by Gasteiger charge is 2.19. The van der Waals surface area contributed by atoms with Crippen molar-refractivity contribution in [2.45, 2.75) is 11.8 Å². The first kappa shape index (κ1) is 17.3. The van der Waals surface area contributed by atoms with Gasteiger partial charge in [-0.25, -0.2) is 22.7 Å². The predicted molar refractivity (Wildman–Crippen MR) is 85.6 cm³/mol. The molecule has 0 bridgehead atoms. The summed E-state index contributed by atoms with van der Waals surface area (Å²) in [5.74, 6) is -1.88. The summed E-state index contributed by atoms with van der Waals surface area (Å²) < 4.78 is 26.2. The molecule has 0 radical (unpaired) electrons. The molecule has 24 heavy (non-hydrogen) atoms. The number of carboxylic acid groups (broad SMARTS) is 1. The Labute approximate surface area is 137 Å². The number of hydrogen-bond acceptors (Lipinski definition) is 5. The summed E-state index contributed by atoms with van der Waals surface area (Å²) in [6.45, 7) is 1.59. The molecule has 2 rings (SSSR count). The van der Waals surface area contributed by atoms with Crippen molar-refractivity contribution in [1.29, 1.82) is 0 Å². The van der Waals surface area contributed by atoms with E-state index in [0.29, 0.717) is 5.56 Å².